The van der Waals surface area contributed by atoms with Crippen LogP contribution in [0.1, 0.15) is 22.9 Å². The SMILES string of the molecule is O=C1NCCn2c(CCNC(=O)C3CC4OC3C(O)C4O)nnc21. The molecule has 4 rings (SSSR count). The van der Waals surface area contributed by atoms with E-state index >= 15 is 0 Å². The van der Waals surface area contributed by atoms with Gasteiger partial charge in [-0.3, -0.25) is 9.59 Å². The van der Waals surface area contributed by atoms with Crippen molar-refractivity contribution in [2.24, 2.45) is 5.92 Å². The van der Waals surface area contributed by atoms with E-state index in [4.69, 9.17) is 4.74 Å². The van der Waals surface area contributed by atoms with Gasteiger partial charge in [-0.15, -0.1) is 10.2 Å². The highest BCUT2D eigenvalue weighted by Gasteiger charge is 2.55. The van der Waals surface area contributed by atoms with Crippen LogP contribution in [0.3, 0.4) is 0 Å². The molecule has 0 aliphatic carbocycles. The molecule has 10 heteroatoms. The zero-order valence-corrected chi connectivity index (χ0v) is 12.9. The number of carbonyl (C=O) groups excluding carboxylic acids is 2. The molecule has 2 fully saturated rings. The number of aliphatic hydroxyl groups is 2. The molecule has 0 spiro atoms. The Morgan fingerprint density at radius 1 is 1.38 bits per heavy atom. The summed E-state index contributed by atoms with van der Waals surface area (Å²) < 4.78 is 7.19. The first-order valence-corrected chi connectivity index (χ1v) is 8.06. The third kappa shape index (κ3) is 2.38. The van der Waals surface area contributed by atoms with Crippen molar-refractivity contribution in [3.8, 4) is 0 Å². The average molecular weight is 337 g/mol. The van der Waals surface area contributed by atoms with Gasteiger partial charge in [0.1, 0.15) is 18.0 Å². The highest BCUT2D eigenvalue weighted by Crippen LogP contribution is 2.39. The lowest BCUT2D eigenvalue weighted by molar-refractivity contribution is -0.129. The smallest absolute Gasteiger partial charge is 0.289 e. The van der Waals surface area contributed by atoms with Crippen molar-refractivity contribution in [3.63, 3.8) is 0 Å². The maximum absolute atomic E-state index is 12.3. The summed E-state index contributed by atoms with van der Waals surface area (Å²) in [6, 6.07) is 0. The largest absolute Gasteiger partial charge is 0.388 e. The average Bonchev–Trinajstić information content (AvgIpc) is 3.24. The number of rotatable bonds is 4. The van der Waals surface area contributed by atoms with Crippen LogP contribution >= 0.6 is 0 Å². The van der Waals surface area contributed by atoms with E-state index in [0.29, 0.717) is 44.1 Å². The lowest BCUT2D eigenvalue weighted by Gasteiger charge is -2.25. The topological polar surface area (TPSA) is 139 Å². The molecule has 5 unspecified atom stereocenters. The van der Waals surface area contributed by atoms with Crippen LogP contribution in [0, 0.1) is 5.92 Å². The van der Waals surface area contributed by atoms with Gasteiger partial charge in [-0.1, -0.05) is 0 Å². The number of fused-ring (bicyclic) bond motifs is 3. The molecule has 24 heavy (non-hydrogen) atoms. The van der Waals surface area contributed by atoms with Gasteiger partial charge in [-0.05, 0) is 6.42 Å². The van der Waals surface area contributed by atoms with Crippen LogP contribution in [0.2, 0.25) is 0 Å². The molecule has 1 aromatic rings. The van der Waals surface area contributed by atoms with Gasteiger partial charge in [0, 0.05) is 26.1 Å². The van der Waals surface area contributed by atoms with Crippen molar-refractivity contribution in [3.05, 3.63) is 11.6 Å². The van der Waals surface area contributed by atoms with E-state index in [2.05, 4.69) is 20.8 Å². The first-order chi connectivity index (χ1) is 11.6. The van der Waals surface area contributed by atoms with Crippen molar-refractivity contribution >= 4 is 11.8 Å². The fraction of sp³-hybridized carbons (Fsp3) is 0.714. The fourth-order valence-electron chi connectivity index (χ4n) is 3.66. The number of aromatic nitrogens is 3. The molecule has 4 N–H and O–H groups in total. The van der Waals surface area contributed by atoms with Gasteiger partial charge in [-0.2, -0.15) is 0 Å². The van der Waals surface area contributed by atoms with Gasteiger partial charge in [0.05, 0.1) is 18.1 Å². The second kappa shape index (κ2) is 5.80. The summed E-state index contributed by atoms with van der Waals surface area (Å²) in [5, 5.41) is 32.9. The predicted octanol–water partition coefficient (Wildman–Crippen LogP) is -2.81. The third-order valence-electron chi connectivity index (χ3n) is 4.92. The Morgan fingerprint density at radius 3 is 2.96 bits per heavy atom. The number of aliphatic hydroxyl groups excluding tert-OH is 2. The minimum Gasteiger partial charge on any atom is -0.388 e. The number of nitrogens with zero attached hydrogens (tertiary/aromatic N) is 3. The number of hydrogen-bond donors (Lipinski definition) is 4. The molecule has 2 amide bonds. The van der Waals surface area contributed by atoms with Crippen molar-refractivity contribution in [2.45, 2.75) is 43.8 Å². The van der Waals surface area contributed by atoms with Crippen LogP contribution in [0.25, 0.3) is 0 Å². The summed E-state index contributed by atoms with van der Waals surface area (Å²) in [5.74, 6) is 0.0489. The molecule has 3 aliphatic heterocycles. The van der Waals surface area contributed by atoms with E-state index in [0.717, 1.165) is 0 Å². The van der Waals surface area contributed by atoms with Crippen LogP contribution in [-0.2, 0) is 22.5 Å². The molecule has 3 aliphatic rings. The lowest BCUT2D eigenvalue weighted by Crippen LogP contribution is -2.47. The molecule has 0 radical (unpaired) electrons. The highest BCUT2D eigenvalue weighted by atomic mass is 16.5. The Kier molecular flexibility index (Phi) is 3.74. The predicted molar refractivity (Wildman–Crippen MR) is 77.9 cm³/mol. The zero-order chi connectivity index (χ0) is 16.8. The van der Waals surface area contributed by atoms with Gasteiger partial charge in [0.2, 0.25) is 11.7 Å². The van der Waals surface area contributed by atoms with Gasteiger partial charge < -0.3 is 30.2 Å². The number of amides is 2. The molecule has 4 heterocycles. The van der Waals surface area contributed by atoms with Crippen LogP contribution < -0.4 is 10.6 Å². The number of hydrogen-bond acceptors (Lipinski definition) is 7. The molecular formula is C14H19N5O5. The highest BCUT2D eigenvalue weighted by molar-refractivity contribution is 5.91. The number of ether oxygens (including phenoxy) is 1. The first kappa shape index (κ1) is 15.5. The normalized spacial score (nSPS) is 34.1. The third-order valence-corrected chi connectivity index (χ3v) is 4.92. The summed E-state index contributed by atoms with van der Waals surface area (Å²) in [6.45, 7) is 1.50. The monoisotopic (exact) mass is 337 g/mol. The van der Waals surface area contributed by atoms with Crippen LogP contribution in [-0.4, -0.2) is 74.3 Å². The minimum absolute atomic E-state index is 0.204. The van der Waals surface area contributed by atoms with E-state index in [1.54, 1.807) is 4.57 Å². The molecule has 0 saturated carbocycles. The zero-order valence-electron chi connectivity index (χ0n) is 12.9. The van der Waals surface area contributed by atoms with E-state index < -0.39 is 30.3 Å². The van der Waals surface area contributed by atoms with E-state index in [1.807, 2.05) is 0 Å². The van der Waals surface area contributed by atoms with Gasteiger partial charge in [0.25, 0.3) is 5.91 Å². The Labute approximate surface area is 137 Å². The summed E-state index contributed by atoms with van der Waals surface area (Å²) in [4.78, 5) is 23.9. The van der Waals surface area contributed by atoms with Crippen molar-refractivity contribution in [1.82, 2.24) is 25.4 Å². The van der Waals surface area contributed by atoms with Gasteiger partial charge in [-0.25, -0.2) is 0 Å². The maximum atomic E-state index is 12.3. The van der Waals surface area contributed by atoms with Crippen LogP contribution in [0.4, 0.5) is 0 Å². The van der Waals surface area contributed by atoms with Crippen molar-refractivity contribution in [1.29, 1.82) is 0 Å². The Hall–Kier alpha value is -2.04. The van der Waals surface area contributed by atoms with Crippen molar-refractivity contribution in [2.75, 3.05) is 13.1 Å². The molecule has 1 aromatic heterocycles. The fourth-order valence-corrected chi connectivity index (χ4v) is 3.66. The second-order valence-corrected chi connectivity index (χ2v) is 6.35. The first-order valence-electron chi connectivity index (χ1n) is 8.06. The van der Waals surface area contributed by atoms with E-state index in [1.165, 1.54) is 0 Å². The lowest BCUT2D eigenvalue weighted by atomic mass is 9.85. The Morgan fingerprint density at radius 2 is 2.21 bits per heavy atom. The van der Waals surface area contributed by atoms with E-state index in [-0.39, 0.29) is 11.8 Å². The minimum atomic E-state index is -1.01. The summed E-state index contributed by atoms with van der Waals surface area (Å²) in [6.07, 6.45) is -2.17. The summed E-state index contributed by atoms with van der Waals surface area (Å²) in [7, 11) is 0. The van der Waals surface area contributed by atoms with E-state index in [9.17, 15) is 19.8 Å². The Bertz CT molecular complexity index is 675. The number of nitrogens with one attached hydrogen (secondary N) is 2. The molecule has 130 valence electrons. The summed E-state index contributed by atoms with van der Waals surface area (Å²) in [5.41, 5.74) is 0. The van der Waals surface area contributed by atoms with Crippen LogP contribution in [0.5, 0.6) is 0 Å². The molecular weight excluding hydrogens is 318 g/mol. The maximum Gasteiger partial charge on any atom is 0.289 e. The second-order valence-electron chi connectivity index (χ2n) is 6.35. The molecule has 5 atom stereocenters. The standard InChI is InChI=1S/C14H19N5O5/c20-9-7-5-6(11(24-7)10(9)21)13(22)15-2-1-8-17-18-12-14(23)16-3-4-19(8)12/h6-7,9-11,20-21H,1-5H2,(H,15,22)(H,16,23). The summed E-state index contributed by atoms with van der Waals surface area (Å²) >= 11 is 0. The molecule has 2 saturated heterocycles. The Balaban J connectivity index is 1.32. The van der Waals surface area contributed by atoms with Gasteiger partial charge in [0.15, 0.2) is 0 Å². The molecule has 2 bridgehead atoms. The molecule has 10 nitrogen and oxygen atoms in total. The number of carbonyl (C=O) groups is 2. The van der Waals surface area contributed by atoms with Crippen LogP contribution in [0.15, 0.2) is 0 Å². The molecule has 0 aromatic carbocycles. The quantitative estimate of drug-likeness (QED) is 0.465. The van der Waals surface area contributed by atoms with Crippen molar-refractivity contribution < 1.29 is 24.5 Å². The van der Waals surface area contributed by atoms with Gasteiger partial charge >= 0.3 is 0 Å².